The number of rotatable bonds is 4. The molecule has 1 aromatic rings. The standard InChI is InChI=1S/C13H19NO3S/c1-12(2,13(14)7-8-13)9-18(16,17)11-5-3-10(15)4-6-11/h3-6,15H,7-9,14H2,1-2H3. The second-order valence-corrected chi connectivity index (χ2v) is 7.78. The molecule has 18 heavy (non-hydrogen) atoms. The van der Waals surface area contributed by atoms with Gasteiger partial charge in [0.25, 0.3) is 0 Å². The summed E-state index contributed by atoms with van der Waals surface area (Å²) in [5.41, 5.74) is 5.34. The molecule has 0 spiro atoms. The fourth-order valence-corrected chi connectivity index (χ4v) is 4.12. The van der Waals surface area contributed by atoms with E-state index in [0.29, 0.717) is 0 Å². The molecule has 5 heteroatoms. The highest BCUT2D eigenvalue weighted by molar-refractivity contribution is 7.91. The van der Waals surface area contributed by atoms with E-state index in [-0.39, 0.29) is 21.9 Å². The van der Waals surface area contributed by atoms with Gasteiger partial charge in [-0.15, -0.1) is 0 Å². The average molecular weight is 269 g/mol. The third-order valence-electron chi connectivity index (χ3n) is 3.88. The Kier molecular flexibility index (Phi) is 2.94. The van der Waals surface area contributed by atoms with Crippen molar-refractivity contribution in [3.63, 3.8) is 0 Å². The van der Waals surface area contributed by atoms with Gasteiger partial charge in [0, 0.05) is 5.54 Å². The Hall–Kier alpha value is -1.07. The predicted octanol–water partition coefficient (Wildman–Crippen LogP) is 1.68. The van der Waals surface area contributed by atoms with Gasteiger partial charge >= 0.3 is 0 Å². The summed E-state index contributed by atoms with van der Waals surface area (Å²) in [4.78, 5) is 0.234. The van der Waals surface area contributed by atoms with Crippen molar-refractivity contribution < 1.29 is 13.5 Å². The van der Waals surface area contributed by atoms with Crippen LogP contribution in [-0.4, -0.2) is 24.8 Å². The molecule has 0 bridgehead atoms. The van der Waals surface area contributed by atoms with E-state index in [1.165, 1.54) is 24.3 Å². The predicted molar refractivity (Wildman–Crippen MR) is 70.1 cm³/mol. The molecule has 1 aromatic carbocycles. The lowest BCUT2D eigenvalue weighted by Gasteiger charge is -2.31. The van der Waals surface area contributed by atoms with E-state index in [1.807, 2.05) is 13.8 Å². The van der Waals surface area contributed by atoms with Crippen LogP contribution in [0.15, 0.2) is 29.2 Å². The first-order valence-corrected chi connectivity index (χ1v) is 7.62. The van der Waals surface area contributed by atoms with Gasteiger partial charge in [0.1, 0.15) is 5.75 Å². The summed E-state index contributed by atoms with van der Waals surface area (Å²) in [7, 11) is -3.37. The number of nitrogens with two attached hydrogens (primary N) is 1. The molecule has 4 nitrogen and oxygen atoms in total. The highest BCUT2D eigenvalue weighted by Crippen LogP contribution is 2.48. The molecule has 0 aliphatic heterocycles. The minimum absolute atomic E-state index is 0.0290. The van der Waals surface area contributed by atoms with Crippen molar-refractivity contribution in [3.05, 3.63) is 24.3 Å². The summed E-state index contributed by atoms with van der Waals surface area (Å²) in [5.74, 6) is 0.0899. The molecule has 100 valence electrons. The zero-order valence-corrected chi connectivity index (χ0v) is 11.5. The first kappa shape index (κ1) is 13.4. The molecular weight excluding hydrogens is 250 g/mol. The minimum Gasteiger partial charge on any atom is -0.508 e. The molecule has 3 N–H and O–H groups in total. The molecule has 1 saturated carbocycles. The smallest absolute Gasteiger partial charge is 0.178 e. The van der Waals surface area contributed by atoms with Gasteiger partial charge in [-0.05, 0) is 42.5 Å². The van der Waals surface area contributed by atoms with Gasteiger partial charge in [-0.1, -0.05) is 13.8 Å². The van der Waals surface area contributed by atoms with Crippen molar-refractivity contribution >= 4 is 9.84 Å². The maximum atomic E-state index is 12.3. The van der Waals surface area contributed by atoms with Gasteiger partial charge in [0.15, 0.2) is 9.84 Å². The molecule has 0 amide bonds. The van der Waals surface area contributed by atoms with Crippen LogP contribution in [0.1, 0.15) is 26.7 Å². The maximum Gasteiger partial charge on any atom is 0.178 e. The van der Waals surface area contributed by atoms with Crippen LogP contribution in [0, 0.1) is 5.41 Å². The number of hydrogen-bond donors (Lipinski definition) is 2. The van der Waals surface area contributed by atoms with E-state index in [0.717, 1.165) is 12.8 Å². The summed E-state index contributed by atoms with van der Waals surface area (Å²) in [6, 6.07) is 5.62. The second kappa shape index (κ2) is 3.96. The number of benzene rings is 1. The third kappa shape index (κ3) is 2.37. The highest BCUT2D eigenvalue weighted by atomic mass is 32.2. The summed E-state index contributed by atoms with van der Waals surface area (Å²) in [6.45, 7) is 3.80. The fourth-order valence-electron chi connectivity index (χ4n) is 2.17. The van der Waals surface area contributed by atoms with Crippen LogP contribution < -0.4 is 5.73 Å². The van der Waals surface area contributed by atoms with Crippen LogP contribution in [0.25, 0.3) is 0 Å². The van der Waals surface area contributed by atoms with Gasteiger partial charge in [-0.3, -0.25) is 0 Å². The Morgan fingerprint density at radius 2 is 1.78 bits per heavy atom. The highest BCUT2D eigenvalue weighted by Gasteiger charge is 2.52. The first-order valence-electron chi connectivity index (χ1n) is 5.97. The topological polar surface area (TPSA) is 80.4 Å². The summed E-state index contributed by atoms with van der Waals surface area (Å²) < 4.78 is 24.6. The molecule has 0 atom stereocenters. The summed E-state index contributed by atoms with van der Waals surface area (Å²) in [5, 5.41) is 9.18. The van der Waals surface area contributed by atoms with Gasteiger partial charge in [-0.2, -0.15) is 0 Å². The number of aromatic hydroxyl groups is 1. The average Bonchev–Trinajstić information content (AvgIpc) is 2.97. The normalized spacial score (nSPS) is 18.6. The number of phenols is 1. The second-order valence-electron chi connectivity index (χ2n) is 5.79. The lowest BCUT2D eigenvalue weighted by atomic mass is 9.85. The largest absolute Gasteiger partial charge is 0.508 e. The Morgan fingerprint density at radius 3 is 2.22 bits per heavy atom. The monoisotopic (exact) mass is 269 g/mol. The number of sulfone groups is 1. The lowest BCUT2D eigenvalue weighted by Crippen LogP contribution is -2.44. The van der Waals surface area contributed by atoms with Crippen molar-refractivity contribution in [2.75, 3.05) is 5.75 Å². The third-order valence-corrected chi connectivity index (χ3v) is 5.98. The molecule has 0 unspecified atom stereocenters. The zero-order chi connectivity index (χ0) is 13.6. The molecule has 2 rings (SSSR count). The fraction of sp³-hybridized carbons (Fsp3) is 0.538. The SMILES string of the molecule is CC(C)(CS(=O)(=O)c1ccc(O)cc1)C1(N)CC1. The van der Waals surface area contributed by atoms with Crippen LogP contribution in [0.5, 0.6) is 5.75 Å². The van der Waals surface area contributed by atoms with Crippen molar-refractivity contribution in [2.45, 2.75) is 37.1 Å². The van der Waals surface area contributed by atoms with E-state index in [4.69, 9.17) is 5.73 Å². The quantitative estimate of drug-likeness (QED) is 0.871. The zero-order valence-electron chi connectivity index (χ0n) is 10.7. The number of phenolic OH excluding ortho intramolecular Hbond substituents is 1. The molecule has 1 fully saturated rings. The molecule has 0 saturated heterocycles. The number of hydrogen-bond acceptors (Lipinski definition) is 4. The Labute approximate surface area is 108 Å². The van der Waals surface area contributed by atoms with Crippen molar-refractivity contribution in [1.29, 1.82) is 0 Å². The first-order chi connectivity index (χ1) is 8.16. The van der Waals surface area contributed by atoms with E-state index in [2.05, 4.69) is 0 Å². The van der Waals surface area contributed by atoms with Gasteiger partial charge in [-0.25, -0.2) is 8.42 Å². The van der Waals surface area contributed by atoms with E-state index < -0.39 is 15.3 Å². The van der Waals surface area contributed by atoms with Crippen molar-refractivity contribution in [3.8, 4) is 5.75 Å². The molecular formula is C13H19NO3S. The Bertz CT molecular complexity index is 542. The molecule has 0 aromatic heterocycles. The van der Waals surface area contributed by atoms with E-state index in [1.54, 1.807) is 0 Å². The van der Waals surface area contributed by atoms with Gasteiger partial charge < -0.3 is 10.8 Å². The van der Waals surface area contributed by atoms with E-state index >= 15 is 0 Å². The maximum absolute atomic E-state index is 12.3. The lowest BCUT2D eigenvalue weighted by molar-refractivity contribution is 0.303. The molecule has 1 aliphatic rings. The van der Waals surface area contributed by atoms with Crippen LogP contribution >= 0.6 is 0 Å². The van der Waals surface area contributed by atoms with Crippen molar-refractivity contribution in [1.82, 2.24) is 0 Å². The molecule has 0 radical (unpaired) electrons. The summed E-state index contributed by atoms with van der Waals surface area (Å²) >= 11 is 0. The Balaban J connectivity index is 2.25. The van der Waals surface area contributed by atoms with Gasteiger partial charge in [0.05, 0.1) is 10.6 Å². The van der Waals surface area contributed by atoms with Crippen LogP contribution in [-0.2, 0) is 9.84 Å². The minimum atomic E-state index is -3.37. The van der Waals surface area contributed by atoms with Crippen LogP contribution in [0.4, 0.5) is 0 Å². The van der Waals surface area contributed by atoms with Crippen molar-refractivity contribution in [2.24, 2.45) is 11.1 Å². The molecule has 0 heterocycles. The Morgan fingerprint density at radius 1 is 1.28 bits per heavy atom. The summed E-state index contributed by atoms with van der Waals surface area (Å²) in [6.07, 6.45) is 1.76. The molecule has 1 aliphatic carbocycles. The van der Waals surface area contributed by atoms with Crippen LogP contribution in [0.3, 0.4) is 0 Å². The van der Waals surface area contributed by atoms with Crippen LogP contribution in [0.2, 0.25) is 0 Å². The van der Waals surface area contributed by atoms with Gasteiger partial charge in [0.2, 0.25) is 0 Å². The van der Waals surface area contributed by atoms with E-state index in [9.17, 15) is 13.5 Å².